The SMILES string of the molecule is CC1(C)c2ccc(N(c3ccccc3)c3ccc4ccccc4c3)c3ccc4ccc5c(N(c6ccccc6)c6ccc7ccccc7c6)ccc1c5c4c23. The average Bonchev–Trinajstić information content (AvgIpc) is 3.24. The first kappa shape index (κ1) is 31.6. The highest BCUT2D eigenvalue weighted by Gasteiger charge is 2.35. The van der Waals surface area contributed by atoms with Gasteiger partial charge < -0.3 is 9.80 Å². The molecule has 1 aliphatic carbocycles. The predicted octanol–water partition coefficient (Wildman–Crippen LogP) is 15.0. The summed E-state index contributed by atoms with van der Waals surface area (Å²) < 4.78 is 0. The van der Waals surface area contributed by atoms with Gasteiger partial charge in [0.2, 0.25) is 0 Å². The van der Waals surface area contributed by atoms with Crippen LogP contribution in [0.5, 0.6) is 0 Å². The van der Waals surface area contributed by atoms with Gasteiger partial charge in [0.15, 0.2) is 0 Å². The van der Waals surface area contributed by atoms with Crippen LogP contribution in [-0.2, 0) is 5.41 Å². The van der Waals surface area contributed by atoms with E-state index in [0.717, 1.165) is 22.7 Å². The van der Waals surface area contributed by atoms with E-state index in [1.807, 2.05) is 0 Å². The Bertz CT molecular complexity index is 2920. The number of anilines is 6. The first-order chi connectivity index (χ1) is 27.0. The summed E-state index contributed by atoms with van der Waals surface area (Å²) in [7, 11) is 0. The molecule has 0 atom stereocenters. The van der Waals surface area contributed by atoms with Crippen molar-refractivity contribution in [2.45, 2.75) is 19.3 Å². The summed E-state index contributed by atoms with van der Waals surface area (Å²) in [4.78, 5) is 4.88. The van der Waals surface area contributed by atoms with E-state index in [9.17, 15) is 0 Å². The summed E-state index contributed by atoms with van der Waals surface area (Å²) in [5.41, 5.74) is 9.42. The maximum Gasteiger partial charge on any atom is 0.0540 e. The van der Waals surface area contributed by atoms with E-state index in [2.05, 4.69) is 218 Å². The van der Waals surface area contributed by atoms with Crippen molar-refractivity contribution in [1.82, 2.24) is 0 Å². The average molecular weight is 703 g/mol. The topological polar surface area (TPSA) is 6.48 Å². The number of nitrogens with zero attached hydrogens (tertiary/aromatic N) is 2. The number of rotatable bonds is 6. The number of hydrogen-bond donors (Lipinski definition) is 0. The highest BCUT2D eigenvalue weighted by molar-refractivity contribution is 6.28. The monoisotopic (exact) mass is 702 g/mol. The molecule has 11 rings (SSSR count). The second-order valence-corrected chi connectivity index (χ2v) is 15.4. The summed E-state index contributed by atoms with van der Waals surface area (Å²) >= 11 is 0. The molecule has 1 aliphatic rings. The van der Waals surface area contributed by atoms with Gasteiger partial charge in [0.25, 0.3) is 0 Å². The van der Waals surface area contributed by atoms with Gasteiger partial charge in [-0.15, -0.1) is 0 Å². The van der Waals surface area contributed by atoms with Crippen molar-refractivity contribution in [2.24, 2.45) is 0 Å². The molecule has 0 aliphatic heterocycles. The molecule has 0 amide bonds. The number of hydrogen-bond acceptors (Lipinski definition) is 2. The van der Waals surface area contributed by atoms with Crippen LogP contribution in [0.4, 0.5) is 34.1 Å². The van der Waals surface area contributed by atoms with E-state index in [1.54, 1.807) is 0 Å². The second-order valence-electron chi connectivity index (χ2n) is 15.4. The largest absolute Gasteiger partial charge is 0.310 e. The number of para-hydroxylation sites is 2. The fourth-order valence-corrected chi connectivity index (χ4v) is 9.29. The molecule has 260 valence electrons. The van der Waals surface area contributed by atoms with Crippen LogP contribution in [0.25, 0.3) is 53.9 Å². The molecule has 0 N–H and O–H groups in total. The third kappa shape index (κ3) is 4.81. The van der Waals surface area contributed by atoms with Gasteiger partial charge in [-0.2, -0.15) is 0 Å². The molecule has 0 bridgehead atoms. The lowest BCUT2D eigenvalue weighted by Gasteiger charge is -2.37. The normalized spacial score (nSPS) is 13.1. The Balaban J connectivity index is 1.21. The zero-order valence-corrected chi connectivity index (χ0v) is 30.9. The lowest BCUT2D eigenvalue weighted by Crippen LogP contribution is -2.23. The van der Waals surface area contributed by atoms with Crippen LogP contribution in [-0.4, -0.2) is 0 Å². The van der Waals surface area contributed by atoms with Crippen LogP contribution in [0.15, 0.2) is 194 Å². The van der Waals surface area contributed by atoms with Crippen LogP contribution in [0, 0.1) is 0 Å². The minimum absolute atomic E-state index is 0.225. The highest BCUT2D eigenvalue weighted by atomic mass is 15.1. The van der Waals surface area contributed by atoms with Crippen molar-refractivity contribution < 1.29 is 0 Å². The molecule has 0 heterocycles. The quantitative estimate of drug-likeness (QED) is 0.159. The number of benzene rings is 10. The van der Waals surface area contributed by atoms with Crippen molar-refractivity contribution in [3.05, 3.63) is 205 Å². The minimum Gasteiger partial charge on any atom is -0.310 e. The lowest BCUT2D eigenvalue weighted by atomic mass is 9.69. The van der Waals surface area contributed by atoms with Gasteiger partial charge >= 0.3 is 0 Å². The standard InChI is InChI=1S/C53H38N2/c1-53(2)46-29-31-48(54(40-17-5-3-6-18-40)42-25-21-35-13-9-11-15-38(35)33-42)44-27-23-37-24-28-45-49(32-30-47(53)52(45)50(37)51(44)46)55(41-19-7-4-8-20-41)43-26-22-36-14-10-12-16-39(36)34-43/h3-34H,1-2H3. The third-order valence-corrected chi connectivity index (χ3v) is 11.9. The number of fused-ring (bicyclic) bond motifs is 2. The molecule has 0 aromatic heterocycles. The Labute approximate surface area is 321 Å². The molecular weight excluding hydrogens is 665 g/mol. The van der Waals surface area contributed by atoms with Crippen LogP contribution in [0.1, 0.15) is 25.0 Å². The molecule has 0 saturated heterocycles. The zero-order chi connectivity index (χ0) is 36.7. The molecule has 0 unspecified atom stereocenters. The Morgan fingerprint density at radius 1 is 0.309 bits per heavy atom. The Morgan fingerprint density at radius 2 is 0.709 bits per heavy atom. The maximum atomic E-state index is 2.44. The van der Waals surface area contributed by atoms with Crippen molar-refractivity contribution in [1.29, 1.82) is 0 Å². The van der Waals surface area contributed by atoms with Crippen LogP contribution in [0.3, 0.4) is 0 Å². The van der Waals surface area contributed by atoms with Crippen molar-refractivity contribution in [3.63, 3.8) is 0 Å². The molecule has 10 aromatic carbocycles. The molecule has 10 aromatic rings. The minimum atomic E-state index is -0.225. The summed E-state index contributed by atoms with van der Waals surface area (Å²) in [6.07, 6.45) is 0. The Morgan fingerprint density at radius 3 is 1.16 bits per heavy atom. The van der Waals surface area contributed by atoms with Gasteiger partial charge in [-0.05, 0) is 115 Å². The first-order valence-corrected chi connectivity index (χ1v) is 19.2. The Kier molecular flexibility index (Phi) is 6.93. The van der Waals surface area contributed by atoms with Gasteiger partial charge in [0.05, 0.1) is 11.4 Å². The highest BCUT2D eigenvalue weighted by Crippen LogP contribution is 2.54. The van der Waals surface area contributed by atoms with Crippen LogP contribution >= 0.6 is 0 Å². The third-order valence-electron chi connectivity index (χ3n) is 11.9. The molecular formula is C53H38N2. The van der Waals surface area contributed by atoms with E-state index < -0.39 is 0 Å². The summed E-state index contributed by atoms with van der Waals surface area (Å²) in [5.74, 6) is 0. The molecule has 2 nitrogen and oxygen atoms in total. The van der Waals surface area contributed by atoms with Gasteiger partial charge in [-0.3, -0.25) is 0 Å². The van der Waals surface area contributed by atoms with Crippen molar-refractivity contribution in [2.75, 3.05) is 9.80 Å². The van der Waals surface area contributed by atoms with Gasteiger partial charge in [-0.1, -0.05) is 147 Å². The second kappa shape index (κ2) is 12.1. The van der Waals surface area contributed by atoms with Crippen LogP contribution in [0.2, 0.25) is 0 Å². The molecule has 0 radical (unpaired) electrons. The van der Waals surface area contributed by atoms with Gasteiger partial charge in [0, 0.05) is 38.9 Å². The molecule has 0 spiro atoms. The van der Waals surface area contributed by atoms with Crippen molar-refractivity contribution >= 4 is 88.0 Å². The maximum absolute atomic E-state index is 2.44. The summed E-state index contributed by atoms with van der Waals surface area (Å²) in [6, 6.07) is 71.4. The molecule has 0 saturated carbocycles. The van der Waals surface area contributed by atoms with E-state index >= 15 is 0 Å². The zero-order valence-electron chi connectivity index (χ0n) is 30.9. The van der Waals surface area contributed by atoms with E-state index in [4.69, 9.17) is 0 Å². The van der Waals surface area contributed by atoms with E-state index in [-0.39, 0.29) is 5.41 Å². The Hall–Kier alpha value is -6.90. The van der Waals surface area contributed by atoms with Crippen molar-refractivity contribution in [3.8, 4) is 0 Å². The van der Waals surface area contributed by atoms with E-state index in [0.29, 0.717) is 0 Å². The van der Waals surface area contributed by atoms with Crippen LogP contribution < -0.4 is 9.80 Å². The first-order valence-electron chi connectivity index (χ1n) is 19.2. The fourth-order valence-electron chi connectivity index (χ4n) is 9.29. The van der Waals surface area contributed by atoms with Gasteiger partial charge in [0.1, 0.15) is 0 Å². The fraction of sp³-hybridized carbons (Fsp3) is 0.0566. The molecule has 55 heavy (non-hydrogen) atoms. The lowest BCUT2D eigenvalue weighted by molar-refractivity contribution is 0.652. The molecule has 2 heteroatoms. The van der Waals surface area contributed by atoms with Gasteiger partial charge in [-0.25, -0.2) is 0 Å². The van der Waals surface area contributed by atoms with E-state index in [1.165, 1.54) is 76.4 Å². The smallest absolute Gasteiger partial charge is 0.0540 e. The summed E-state index contributed by atoms with van der Waals surface area (Å²) in [5, 5.41) is 12.7. The molecule has 0 fully saturated rings. The predicted molar refractivity (Wildman–Crippen MR) is 235 cm³/mol. The summed E-state index contributed by atoms with van der Waals surface area (Å²) in [6.45, 7) is 4.81.